The predicted octanol–water partition coefficient (Wildman–Crippen LogP) is -1.51. The predicted molar refractivity (Wildman–Crippen MR) is 70.8 cm³/mol. The molecule has 0 atom stereocenters. The van der Waals surface area contributed by atoms with E-state index in [0.29, 0.717) is 12.2 Å². The molecule has 0 N–H and O–H groups in total. The Balaban J connectivity index is -0.000000333. The maximum atomic E-state index is 10.6. The fraction of sp³-hybridized carbons (Fsp3) is 0.429. The smallest absolute Gasteiger partial charge is 0.545 e. The third-order valence-corrected chi connectivity index (χ3v) is 1.41. The SMILES string of the molecule is CC(C)OC(=O)/C=C\C(=O)[O-].CC(C)OC(=O)/C=C\C(=O)[O-].[Cd+2]. The van der Waals surface area contributed by atoms with E-state index >= 15 is 0 Å². The Morgan fingerprint density at radius 1 is 0.696 bits per heavy atom. The fourth-order valence-corrected chi connectivity index (χ4v) is 0.815. The van der Waals surface area contributed by atoms with Crippen LogP contribution in [0.5, 0.6) is 0 Å². The molecule has 0 aliphatic carbocycles. The molecule has 0 radical (unpaired) electrons. The third kappa shape index (κ3) is 25.6. The minimum Gasteiger partial charge on any atom is -0.545 e. The van der Waals surface area contributed by atoms with E-state index in [-0.39, 0.29) is 39.5 Å². The number of carbonyl (C=O) groups is 4. The molecule has 0 fully saturated rings. The average Bonchev–Trinajstić information content (AvgIpc) is 2.33. The summed E-state index contributed by atoms with van der Waals surface area (Å²) in [6.07, 6.45) is 2.41. The molecule has 0 aromatic rings. The molecule has 23 heavy (non-hydrogen) atoms. The molecule has 8 nitrogen and oxygen atoms in total. The van der Waals surface area contributed by atoms with Crippen LogP contribution in [-0.2, 0) is 56.0 Å². The standard InChI is InChI=1S/2C7H10O4.Cd/c2*1-5(2)11-7(10)4-3-6(8)9;/h2*3-5H,1-2H3,(H,8,9);/q;;+2/p-2/b2*4-3-;. The van der Waals surface area contributed by atoms with Crippen molar-refractivity contribution in [2.24, 2.45) is 0 Å². The van der Waals surface area contributed by atoms with Crippen LogP contribution in [0.2, 0.25) is 0 Å². The maximum absolute atomic E-state index is 10.6. The van der Waals surface area contributed by atoms with E-state index in [9.17, 15) is 29.4 Å². The Hall–Kier alpha value is -1.72. The molecule has 0 spiro atoms. The summed E-state index contributed by atoms with van der Waals surface area (Å²) in [4.78, 5) is 40.7. The van der Waals surface area contributed by atoms with Gasteiger partial charge in [0.1, 0.15) is 0 Å². The van der Waals surface area contributed by atoms with E-state index in [4.69, 9.17) is 0 Å². The molecule has 0 rings (SSSR count). The normalized spacial score (nSPS) is 10.0. The first-order valence-electron chi connectivity index (χ1n) is 6.24. The quantitative estimate of drug-likeness (QED) is 0.284. The number of carboxylic acid groups (broad SMARTS) is 2. The molecular formula is C14H18CdO8. The zero-order valence-corrected chi connectivity index (χ0v) is 17.5. The molecule has 0 bridgehead atoms. The van der Waals surface area contributed by atoms with Gasteiger partial charge in [-0.2, -0.15) is 0 Å². The van der Waals surface area contributed by atoms with Gasteiger partial charge in [-0.25, -0.2) is 9.59 Å². The molecule has 0 aromatic carbocycles. The van der Waals surface area contributed by atoms with E-state index in [0.717, 1.165) is 12.2 Å². The van der Waals surface area contributed by atoms with Crippen molar-refractivity contribution in [1.29, 1.82) is 0 Å². The fourth-order valence-electron chi connectivity index (χ4n) is 0.815. The van der Waals surface area contributed by atoms with Gasteiger partial charge in [-0.15, -0.1) is 0 Å². The second kappa shape index (κ2) is 15.2. The summed E-state index contributed by atoms with van der Waals surface area (Å²) in [5.74, 6) is -4.18. The third-order valence-electron chi connectivity index (χ3n) is 1.41. The van der Waals surface area contributed by atoms with Crippen molar-refractivity contribution in [3.8, 4) is 0 Å². The monoisotopic (exact) mass is 428 g/mol. The number of hydrogen-bond donors (Lipinski definition) is 0. The minimum atomic E-state index is -1.41. The van der Waals surface area contributed by atoms with E-state index in [1.165, 1.54) is 0 Å². The molecule has 0 aliphatic rings. The molecule has 0 aromatic heterocycles. The Morgan fingerprint density at radius 3 is 1.13 bits per heavy atom. The summed E-state index contributed by atoms with van der Waals surface area (Å²) < 4.78 is 9.17. The van der Waals surface area contributed by atoms with E-state index in [1.54, 1.807) is 27.7 Å². The number of aliphatic carboxylic acids is 2. The summed E-state index contributed by atoms with van der Waals surface area (Å²) in [6, 6.07) is 0. The van der Waals surface area contributed by atoms with Crippen molar-refractivity contribution in [2.45, 2.75) is 39.9 Å². The van der Waals surface area contributed by atoms with Crippen molar-refractivity contribution >= 4 is 23.9 Å². The summed E-state index contributed by atoms with van der Waals surface area (Å²) in [5, 5.41) is 19.6. The molecule has 124 valence electrons. The van der Waals surface area contributed by atoms with Crippen LogP contribution < -0.4 is 10.2 Å². The number of ether oxygens (including phenoxy) is 2. The van der Waals surface area contributed by atoms with Crippen molar-refractivity contribution in [3.63, 3.8) is 0 Å². The van der Waals surface area contributed by atoms with Gasteiger partial charge in [0.2, 0.25) is 0 Å². The van der Waals surface area contributed by atoms with Crippen LogP contribution in [0.3, 0.4) is 0 Å². The largest absolute Gasteiger partial charge is 2.00 e. The first-order valence-corrected chi connectivity index (χ1v) is 6.24. The maximum Gasteiger partial charge on any atom is 2.00 e. The molecular weight excluding hydrogens is 409 g/mol. The molecule has 0 unspecified atom stereocenters. The number of carboxylic acids is 2. The number of hydrogen-bond acceptors (Lipinski definition) is 8. The summed E-state index contributed by atoms with van der Waals surface area (Å²) in [6.45, 7) is 6.69. The van der Waals surface area contributed by atoms with Crippen LogP contribution in [0.15, 0.2) is 24.3 Å². The number of rotatable bonds is 6. The van der Waals surface area contributed by atoms with Gasteiger partial charge >= 0.3 is 39.2 Å². The van der Waals surface area contributed by atoms with Crippen molar-refractivity contribution in [1.82, 2.24) is 0 Å². The van der Waals surface area contributed by atoms with Crippen LogP contribution in [0, 0.1) is 0 Å². The van der Waals surface area contributed by atoms with Gasteiger partial charge in [0.05, 0.1) is 24.1 Å². The first kappa shape index (κ1) is 26.2. The second-order valence-electron chi connectivity index (χ2n) is 4.28. The summed E-state index contributed by atoms with van der Waals surface area (Å²) in [5.41, 5.74) is 0. The van der Waals surface area contributed by atoms with Gasteiger partial charge in [0.25, 0.3) is 0 Å². The minimum absolute atomic E-state index is 0. The summed E-state index contributed by atoms with van der Waals surface area (Å²) >= 11 is 0. The van der Waals surface area contributed by atoms with E-state index in [2.05, 4.69) is 9.47 Å². The van der Waals surface area contributed by atoms with Crippen LogP contribution in [0.4, 0.5) is 0 Å². The Kier molecular flexibility index (Phi) is 17.3. The van der Waals surface area contributed by atoms with Gasteiger partial charge < -0.3 is 29.3 Å². The molecule has 9 heteroatoms. The van der Waals surface area contributed by atoms with Crippen LogP contribution >= 0.6 is 0 Å². The van der Waals surface area contributed by atoms with Gasteiger partial charge in [-0.1, -0.05) is 0 Å². The number of esters is 2. The Morgan fingerprint density at radius 2 is 0.957 bits per heavy atom. The molecule has 0 saturated heterocycles. The molecule has 0 aliphatic heterocycles. The zero-order valence-electron chi connectivity index (χ0n) is 13.4. The van der Waals surface area contributed by atoms with Crippen LogP contribution in [-0.4, -0.2) is 36.1 Å². The topological polar surface area (TPSA) is 133 Å². The average molecular weight is 427 g/mol. The molecule has 0 heterocycles. The van der Waals surface area contributed by atoms with Crippen molar-refractivity contribution in [3.05, 3.63) is 24.3 Å². The van der Waals surface area contributed by atoms with Gasteiger partial charge in [0.15, 0.2) is 0 Å². The summed E-state index contributed by atoms with van der Waals surface area (Å²) in [7, 11) is 0. The molecule has 0 saturated carbocycles. The number of carbonyl (C=O) groups excluding carboxylic acids is 4. The molecule has 0 amide bonds. The van der Waals surface area contributed by atoms with Gasteiger partial charge in [-0.3, -0.25) is 0 Å². The second-order valence-corrected chi connectivity index (χ2v) is 4.28. The Bertz CT molecular complexity index is 410. The Labute approximate surface area is 154 Å². The first-order chi connectivity index (χ1) is 10.0. The van der Waals surface area contributed by atoms with Crippen LogP contribution in [0.25, 0.3) is 0 Å². The van der Waals surface area contributed by atoms with Gasteiger partial charge in [-0.05, 0) is 39.8 Å². The van der Waals surface area contributed by atoms with Crippen molar-refractivity contribution in [2.75, 3.05) is 0 Å². The van der Waals surface area contributed by atoms with E-state index in [1.807, 2.05) is 0 Å². The van der Waals surface area contributed by atoms with Gasteiger partial charge in [0, 0.05) is 12.2 Å². The zero-order chi connectivity index (χ0) is 17.7. The van der Waals surface area contributed by atoms with Crippen molar-refractivity contribution < 1.29 is 66.2 Å². The van der Waals surface area contributed by atoms with E-state index < -0.39 is 23.9 Å². The van der Waals surface area contributed by atoms with Crippen LogP contribution in [0.1, 0.15) is 27.7 Å².